The Balaban J connectivity index is 1.45. The van der Waals surface area contributed by atoms with E-state index >= 15 is 0 Å². The lowest BCUT2D eigenvalue weighted by molar-refractivity contribution is -0.116. The van der Waals surface area contributed by atoms with E-state index in [1.165, 1.54) is 17.8 Å². The van der Waals surface area contributed by atoms with Crippen LogP contribution in [-0.2, 0) is 9.53 Å². The van der Waals surface area contributed by atoms with E-state index in [2.05, 4.69) is 26.4 Å². The molecule has 2 aliphatic heterocycles. The van der Waals surface area contributed by atoms with Gasteiger partial charge >= 0.3 is 0 Å². The lowest BCUT2D eigenvalue weighted by Gasteiger charge is -2.20. The van der Waals surface area contributed by atoms with Gasteiger partial charge in [-0.2, -0.15) is 10.2 Å². The maximum absolute atomic E-state index is 12.0. The predicted molar refractivity (Wildman–Crippen MR) is 88.2 cm³/mol. The molecular weight excluding hydrogens is 312 g/mol. The highest BCUT2D eigenvalue weighted by molar-refractivity contribution is 7.15. The van der Waals surface area contributed by atoms with E-state index in [0.29, 0.717) is 24.4 Å². The van der Waals surface area contributed by atoms with E-state index in [0.717, 1.165) is 30.7 Å². The minimum absolute atomic E-state index is 0.0622. The van der Waals surface area contributed by atoms with Crippen molar-refractivity contribution in [3.63, 3.8) is 0 Å². The van der Waals surface area contributed by atoms with Crippen LogP contribution in [0.4, 0.5) is 5.13 Å². The molecule has 2 aliphatic rings. The molecule has 1 N–H and O–H groups in total. The van der Waals surface area contributed by atoms with Gasteiger partial charge in [0.25, 0.3) is 0 Å². The number of rotatable bonds is 7. The van der Waals surface area contributed by atoms with Crippen molar-refractivity contribution < 1.29 is 9.53 Å². The zero-order valence-electron chi connectivity index (χ0n) is 13.0. The van der Waals surface area contributed by atoms with Crippen molar-refractivity contribution >= 4 is 22.4 Å². The Kier molecular flexibility index (Phi) is 5.03. The van der Waals surface area contributed by atoms with Gasteiger partial charge in [0.05, 0.1) is 11.0 Å². The Hall–Kier alpha value is -1.78. The molecule has 1 aromatic rings. The molecule has 7 heteroatoms. The van der Waals surface area contributed by atoms with Crippen LogP contribution >= 0.6 is 11.3 Å². The highest BCUT2D eigenvalue weighted by Crippen LogP contribution is 2.38. The van der Waals surface area contributed by atoms with Gasteiger partial charge in [-0.1, -0.05) is 11.3 Å². The second-order valence-corrected chi connectivity index (χ2v) is 6.92. The predicted octanol–water partition coefficient (Wildman–Crippen LogP) is 3.68. The lowest BCUT2D eigenvalue weighted by Crippen LogP contribution is -2.17. The van der Waals surface area contributed by atoms with Crippen molar-refractivity contribution in [2.45, 2.75) is 56.7 Å². The number of carbonyl (C=O) groups excluding carboxylic acids is 1. The summed E-state index contributed by atoms with van der Waals surface area (Å²) in [5, 5.41) is 11.5. The SMILES string of the molecule is C#CCCC1(CCC(=O)Nc2ncc(C3CCCCO3)s2)N=N1. The minimum atomic E-state index is -0.409. The van der Waals surface area contributed by atoms with E-state index in [4.69, 9.17) is 11.2 Å². The van der Waals surface area contributed by atoms with Gasteiger partial charge in [-0.25, -0.2) is 4.98 Å². The highest BCUT2D eigenvalue weighted by atomic mass is 32.1. The molecule has 0 spiro atoms. The number of hydrogen-bond acceptors (Lipinski definition) is 6. The number of hydrogen-bond donors (Lipinski definition) is 1. The molecule has 1 fully saturated rings. The minimum Gasteiger partial charge on any atom is -0.373 e. The van der Waals surface area contributed by atoms with Crippen LogP contribution in [0.2, 0.25) is 0 Å². The van der Waals surface area contributed by atoms with Gasteiger partial charge in [0, 0.05) is 38.5 Å². The molecule has 0 bridgehead atoms. The summed E-state index contributed by atoms with van der Waals surface area (Å²) in [6.07, 6.45) is 12.8. The van der Waals surface area contributed by atoms with Gasteiger partial charge in [0.15, 0.2) is 10.8 Å². The molecule has 1 saturated heterocycles. The molecule has 1 aromatic heterocycles. The number of amides is 1. The summed E-state index contributed by atoms with van der Waals surface area (Å²) in [4.78, 5) is 17.4. The van der Waals surface area contributed by atoms with Gasteiger partial charge in [-0.05, 0) is 19.3 Å². The standard InChI is InChI=1S/C16H20N4O2S/c1-2-3-8-16(19-20-16)9-7-14(21)18-15-17-11-13(23-15)12-6-4-5-10-22-12/h1,11-12H,3-10H2,(H,17,18,21). The van der Waals surface area contributed by atoms with Crippen molar-refractivity contribution in [3.8, 4) is 12.3 Å². The first kappa shape index (κ1) is 16.1. The van der Waals surface area contributed by atoms with Crippen LogP contribution in [0.25, 0.3) is 0 Å². The number of ether oxygens (including phenoxy) is 1. The quantitative estimate of drug-likeness (QED) is 0.774. The largest absolute Gasteiger partial charge is 0.373 e. The summed E-state index contributed by atoms with van der Waals surface area (Å²) < 4.78 is 5.74. The number of aromatic nitrogens is 1. The fraction of sp³-hybridized carbons (Fsp3) is 0.625. The van der Waals surface area contributed by atoms with Crippen LogP contribution in [0.5, 0.6) is 0 Å². The smallest absolute Gasteiger partial charge is 0.226 e. The van der Waals surface area contributed by atoms with Gasteiger partial charge in [-0.3, -0.25) is 4.79 Å². The van der Waals surface area contributed by atoms with Crippen molar-refractivity contribution in [3.05, 3.63) is 11.1 Å². The van der Waals surface area contributed by atoms with Gasteiger partial charge < -0.3 is 10.1 Å². The van der Waals surface area contributed by atoms with E-state index in [-0.39, 0.29) is 12.0 Å². The average Bonchev–Trinajstić information content (AvgIpc) is 3.21. The molecule has 0 radical (unpaired) electrons. The first-order valence-electron chi connectivity index (χ1n) is 7.95. The number of terminal acetylenes is 1. The summed E-state index contributed by atoms with van der Waals surface area (Å²) in [7, 11) is 0. The Labute approximate surface area is 139 Å². The van der Waals surface area contributed by atoms with E-state index < -0.39 is 5.66 Å². The molecule has 0 saturated carbocycles. The van der Waals surface area contributed by atoms with E-state index in [1.54, 1.807) is 6.20 Å². The summed E-state index contributed by atoms with van der Waals surface area (Å²) >= 11 is 1.49. The highest BCUT2D eigenvalue weighted by Gasteiger charge is 2.39. The average molecular weight is 332 g/mol. The van der Waals surface area contributed by atoms with Crippen LogP contribution in [0.3, 0.4) is 0 Å². The second-order valence-electron chi connectivity index (χ2n) is 5.86. The van der Waals surface area contributed by atoms with Crippen LogP contribution in [0.1, 0.15) is 55.9 Å². The zero-order chi connectivity index (χ0) is 16.1. The Bertz CT molecular complexity index is 622. The van der Waals surface area contributed by atoms with Crippen molar-refractivity contribution in [2.24, 2.45) is 10.2 Å². The summed E-state index contributed by atoms with van der Waals surface area (Å²) in [5.41, 5.74) is -0.409. The molecule has 3 rings (SSSR count). The first-order valence-corrected chi connectivity index (χ1v) is 8.77. The van der Waals surface area contributed by atoms with Crippen molar-refractivity contribution in [2.75, 3.05) is 11.9 Å². The maximum Gasteiger partial charge on any atom is 0.226 e. The fourth-order valence-corrected chi connectivity index (χ4v) is 3.54. The van der Waals surface area contributed by atoms with Gasteiger partial charge in [0.1, 0.15) is 0 Å². The number of anilines is 1. The van der Waals surface area contributed by atoms with Crippen LogP contribution in [-0.4, -0.2) is 23.2 Å². The number of carbonyl (C=O) groups is 1. The molecule has 1 unspecified atom stereocenters. The Morgan fingerprint density at radius 2 is 2.35 bits per heavy atom. The molecule has 6 nitrogen and oxygen atoms in total. The molecule has 23 heavy (non-hydrogen) atoms. The van der Waals surface area contributed by atoms with Crippen LogP contribution < -0.4 is 5.32 Å². The normalized spacial score (nSPS) is 21.6. The molecule has 0 aliphatic carbocycles. The van der Waals surface area contributed by atoms with Crippen LogP contribution in [0.15, 0.2) is 16.4 Å². The third kappa shape index (κ3) is 4.36. The number of nitrogens with one attached hydrogen (secondary N) is 1. The zero-order valence-corrected chi connectivity index (χ0v) is 13.8. The number of nitrogens with zero attached hydrogens (tertiary/aromatic N) is 3. The monoisotopic (exact) mass is 332 g/mol. The van der Waals surface area contributed by atoms with Crippen molar-refractivity contribution in [1.82, 2.24) is 4.98 Å². The Morgan fingerprint density at radius 3 is 3.04 bits per heavy atom. The van der Waals surface area contributed by atoms with Crippen LogP contribution in [0, 0.1) is 12.3 Å². The van der Waals surface area contributed by atoms with E-state index in [9.17, 15) is 4.79 Å². The lowest BCUT2D eigenvalue weighted by atomic mass is 10.0. The molecule has 122 valence electrons. The maximum atomic E-state index is 12.0. The summed E-state index contributed by atoms with van der Waals surface area (Å²) in [5.74, 6) is 2.52. The topological polar surface area (TPSA) is 75.9 Å². The molecule has 3 heterocycles. The third-order valence-corrected chi connectivity index (χ3v) is 5.08. The first-order chi connectivity index (χ1) is 11.2. The number of thiazole rings is 1. The molecule has 0 aromatic carbocycles. The molecule has 1 atom stereocenters. The van der Waals surface area contributed by atoms with Gasteiger partial charge in [-0.15, -0.1) is 12.3 Å². The van der Waals surface area contributed by atoms with Gasteiger partial charge in [0.2, 0.25) is 5.91 Å². The Morgan fingerprint density at radius 1 is 1.48 bits per heavy atom. The van der Waals surface area contributed by atoms with E-state index in [1.807, 2.05) is 0 Å². The second kappa shape index (κ2) is 7.20. The third-order valence-electron chi connectivity index (χ3n) is 4.07. The summed E-state index contributed by atoms with van der Waals surface area (Å²) in [6, 6.07) is 0. The fourth-order valence-electron chi connectivity index (χ4n) is 2.62. The summed E-state index contributed by atoms with van der Waals surface area (Å²) in [6.45, 7) is 0.803. The van der Waals surface area contributed by atoms with Crippen molar-refractivity contribution in [1.29, 1.82) is 0 Å². The molecular formula is C16H20N4O2S. The molecule has 1 amide bonds.